The van der Waals surface area contributed by atoms with Gasteiger partial charge in [-0.1, -0.05) is 0 Å². The van der Waals surface area contributed by atoms with Crippen LogP contribution in [0.5, 0.6) is 11.5 Å². The quantitative estimate of drug-likeness (QED) is 0.704. The highest BCUT2D eigenvalue weighted by molar-refractivity contribution is 5.57. The minimum absolute atomic E-state index is 0.322. The Kier molecular flexibility index (Phi) is 4.18. The Hall–Kier alpha value is -3.03. The minimum atomic E-state index is 0.322. The lowest BCUT2D eigenvalue weighted by Crippen LogP contribution is -2.26. The first-order valence-electron chi connectivity index (χ1n) is 9.70. The van der Waals surface area contributed by atoms with Gasteiger partial charge in [-0.3, -0.25) is 0 Å². The average molecular weight is 380 g/mol. The Labute approximate surface area is 163 Å². The highest BCUT2D eigenvalue weighted by Gasteiger charge is 2.29. The minimum Gasteiger partial charge on any atom is -0.497 e. The number of anilines is 2. The zero-order valence-corrected chi connectivity index (χ0v) is 16.1. The summed E-state index contributed by atoms with van der Waals surface area (Å²) in [5.74, 6) is 3.97. The molecule has 0 bridgehead atoms. The van der Waals surface area contributed by atoms with Gasteiger partial charge in [0.2, 0.25) is 0 Å². The van der Waals surface area contributed by atoms with E-state index in [1.807, 2.05) is 34.8 Å². The van der Waals surface area contributed by atoms with Gasteiger partial charge in [-0.2, -0.15) is 4.52 Å². The molecule has 8 heteroatoms. The summed E-state index contributed by atoms with van der Waals surface area (Å²) >= 11 is 0. The fourth-order valence-electron chi connectivity index (χ4n) is 3.78. The molecule has 1 aromatic carbocycles. The first-order valence-corrected chi connectivity index (χ1v) is 9.70. The molecule has 8 nitrogen and oxygen atoms in total. The molecular weight excluding hydrogens is 356 g/mol. The van der Waals surface area contributed by atoms with E-state index in [1.54, 1.807) is 14.2 Å². The van der Waals surface area contributed by atoms with Crippen molar-refractivity contribution in [2.75, 3.05) is 37.5 Å². The molecule has 2 aromatic heterocycles. The molecule has 1 saturated carbocycles. The van der Waals surface area contributed by atoms with Crippen LogP contribution in [0.25, 0.3) is 5.65 Å². The maximum atomic E-state index is 5.40. The van der Waals surface area contributed by atoms with E-state index < -0.39 is 0 Å². The Morgan fingerprint density at radius 1 is 1.00 bits per heavy atom. The summed E-state index contributed by atoms with van der Waals surface area (Å²) in [4.78, 5) is 2.34. The zero-order chi connectivity index (χ0) is 19.1. The summed E-state index contributed by atoms with van der Waals surface area (Å²) in [5.41, 5.74) is 1.92. The van der Waals surface area contributed by atoms with Crippen molar-refractivity contribution in [3.05, 3.63) is 36.2 Å². The number of aromatic nitrogens is 4. The Morgan fingerprint density at radius 3 is 2.50 bits per heavy atom. The van der Waals surface area contributed by atoms with E-state index in [9.17, 15) is 0 Å². The Morgan fingerprint density at radius 2 is 1.79 bits per heavy atom. The Bertz CT molecular complexity index is 977. The van der Waals surface area contributed by atoms with Crippen molar-refractivity contribution in [3.8, 4) is 11.5 Å². The summed E-state index contributed by atoms with van der Waals surface area (Å²) in [6, 6.07) is 10.3. The molecule has 0 radical (unpaired) electrons. The molecule has 3 heterocycles. The van der Waals surface area contributed by atoms with Crippen molar-refractivity contribution in [2.24, 2.45) is 0 Å². The number of nitrogens with one attached hydrogen (secondary N) is 1. The van der Waals surface area contributed by atoms with Gasteiger partial charge in [0.25, 0.3) is 0 Å². The van der Waals surface area contributed by atoms with Crippen LogP contribution in [0.3, 0.4) is 0 Å². The summed E-state index contributed by atoms with van der Waals surface area (Å²) in [6.45, 7) is 1.86. The fourth-order valence-corrected chi connectivity index (χ4v) is 3.78. The van der Waals surface area contributed by atoms with Crippen molar-refractivity contribution in [1.82, 2.24) is 19.8 Å². The smallest absolute Gasteiger partial charge is 0.178 e. The van der Waals surface area contributed by atoms with Gasteiger partial charge in [-0.25, -0.2) is 0 Å². The summed E-state index contributed by atoms with van der Waals surface area (Å²) in [7, 11) is 3.35. The second-order valence-electron chi connectivity index (χ2n) is 7.47. The van der Waals surface area contributed by atoms with E-state index in [4.69, 9.17) is 14.6 Å². The molecule has 3 aromatic rings. The van der Waals surface area contributed by atoms with Crippen LogP contribution in [0, 0.1) is 0 Å². The zero-order valence-electron chi connectivity index (χ0n) is 16.1. The molecule has 146 valence electrons. The molecule has 1 unspecified atom stereocenters. The number of nitrogens with zero attached hydrogens (tertiary/aromatic N) is 5. The van der Waals surface area contributed by atoms with E-state index in [1.165, 1.54) is 12.8 Å². The van der Waals surface area contributed by atoms with Crippen LogP contribution < -0.4 is 19.7 Å². The number of fused-ring (bicyclic) bond motifs is 1. The Balaban J connectivity index is 1.31. The van der Waals surface area contributed by atoms with Gasteiger partial charge in [0.1, 0.15) is 17.3 Å². The van der Waals surface area contributed by atoms with Gasteiger partial charge < -0.3 is 19.7 Å². The lowest BCUT2D eigenvalue weighted by atomic mass is 10.2. The van der Waals surface area contributed by atoms with Crippen LogP contribution >= 0.6 is 0 Å². The summed E-state index contributed by atoms with van der Waals surface area (Å²) in [6.07, 6.45) is 3.40. The molecule has 2 fully saturated rings. The van der Waals surface area contributed by atoms with Crippen molar-refractivity contribution in [2.45, 2.75) is 31.2 Å². The molecule has 1 atom stereocenters. The van der Waals surface area contributed by atoms with E-state index >= 15 is 0 Å². The number of methoxy groups -OCH3 is 2. The van der Waals surface area contributed by atoms with E-state index in [-0.39, 0.29) is 0 Å². The third kappa shape index (κ3) is 3.19. The van der Waals surface area contributed by atoms with E-state index in [0.717, 1.165) is 54.0 Å². The molecule has 0 amide bonds. The van der Waals surface area contributed by atoms with Crippen molar-refractivity contribution in [1.29, 1.82) is 0 Å². The third-order valence-electron chi connectivity index (χ3n) is 5.47. The lowest BCUT2D eigenvalue weighted by molar-refractivity contribution is 0.394. The number of benzene rings is 1. The summed E-state index contributed by atoms with van der Waals surface area (Å²) in [5, 5.41) is 16.8. The molecular formula is C20H24N6O2. The lowest BCUT2D eigenvalue weighted by Gasteiger charge is -2.20. The fraction of sp³-hybridized carbons (Fsp3) is 0.450. The van der Waals surface area contributed by atoms with E-state index in [2.05, 4.69) is 20.4 Å². The first kappa shape index (κ1) is 17.1. The average Bonchev–Trinajstić information content (AvgIpc) is 3.31. The topological polar surface area (TPSA) is 76.8 Å². The highest BCUT2D eigenvalue weighted by Crippen LogP contribution is 2.38. The maximum absolute atomic E-state index is 5.40. The van der Waals surface area contributed by atoms with Gasteiger partial charge in [-0.15, -0.1) is 15.3 Å². The number of rotatable bonds is 6. The predicted molar refractivity (Wildman–Crippen MR) is 107 cm³/mol. The molecule has 1 aliphatic carbocycles. The molecule has 5 rings (SSSR count). The highest BCUT2D eigenvalue weighted by atomic mass is 16.5. The maximum Gasteiger partial charge on any atom is 0.178 e. The second-order valence-corrected chi connectivity index (χ2v) is 7.47. The molecule has 28 heavy (non-hydrogen) atoms. The van der Waals surface area contributed by atoms with Gasteiger partial charge in [-0.05, 0) is 31.4 Å². The number of hydrogen-bond donors (Lipinski definition) is 1. The standard InChI is InChI=1S/C20H24N6O2/c1-27-16-9-15(10-17(11-16)28-2)25-8-7-14(12-25)21-18-5-6-19-22-23-20(13-3-4-13)26(19)24-18/h5-6,9-11,13-14H,3-4,7-8,12H2,1-2H3,(H,21,24). The molecule has 1 aliphatic heterocycles. The van der Waals surface area contributed by atoms with Crippen molar-refractivity contribution < 1.29 is 9.47 Å². The van der Waals surface area contributed by atoms with Crippen molar-refractivity contribution in [3.63, 3.8) is 0 Å². The van der Waals surface area contributed by atoms with Gasteiger partial charge in [0.05, 0.1) is 14.2 Å². The third-order valence-corrected chi connectivity index (χ3v) is 5.47. The molecule has 0 spiro atoms. The van der Waals surface area contributed by atoms with Crippen LogP contribution in [0.1, 0.15) is 31.0 Å². The first-order chi connectivity index (χ1) is 13.7. The monoisotopic (exact) mass is 380 g/mol. The van der Waals surface area contributed by atoms with Gasteiger partial charge in [0, 0.05) is 48.9 Å². The number of ether oxygens (including phenoxy) is 2. The second kappa shape index (κ2) is 6.85. The van der Waals surface area contributed by atoms with Gasteiger partial charge >= 0.3 is 0 Å². The van der Waals surface area contributed by atoms with E-state index in [0.29, 0.717) is 12.0 Å². The normalized spacial score (nSPS) is 19.2. The number of hydrogen-bond acceptors (Lipinski definition) is 7. The largest absolute Gasteiger partial charge is 0.497 e. The molecule has 2 aliphatic rings. The van der Waals surface area contributed by atoms with Crippen LogP contribution in [0.4, 0.5) is 11.5 Å². The molecule has 1 saturated heterocycles. The van der Waals surface area contributed by atoms with Gasteiger partial charge in [0.15, 0.2) is 11.5 Å². The van der Waals surface area contributed by atoms with Crippen LogP contribution in [-0.4, -0.2) is 53.2 Å². The molecule has 1 N–H and O–H groups in total. The van der Waals surface area contributed by atoms with Crippen LogP contribution in [0.2, 0.25) is 0 Å². The van der Waals surface area contributed by atoms with Crippen molar-refractivity contribution >= 4 is 17.2 Å². The SMILES string of the molecule is COc1cc(OC)cc(N2CCC(Nc3ccc4nnc(C5CC5)n4n3)C2)c1. The predicted octanol–water partition coefficient (Wildman–Crippen LogP) is 2.71. The van der Waals surface area contributed by atoms with Crippen LogP contribution in [0.15, 0.2) is 30.3 Å². The summed E-state index contributed by atoms with van der Waals surface area (Å²) < 4.78 is 12.7. The van der Waals surface area contributed by atoms with Crippen LogP contribution in [-0.2, 0) is 0 Å².